The lowest BCUT2D eigenvalue weighted by atomic mass is 10.00. The lowest BCUT2D eigenvalue weighted by Gasteiger charge is -2.18. The van der Waals surface area contributed by atoms with Gasteiger partial charge in [0.1, 0.15) is 23.0 Å². The summed E-state index contributed by atoms with van der Waals surface area (Å²) in [4.78, 5) is 15.3. The molecule has 10 aromatic rings. The molecule has 0 aliphatic heterocycles. The molecule has 270 valence electrons. The zero-order valence-electron chi connectivity index (χ0n) is 30.4. The number of benzene rings is 7. The highest BCUT2D eigenvalue weighted by Crippen LogP contribution is 2.49. The zero-order valence-corrected chi connectivity index (χ0v) is 30.4. The van der Waals surface area contributed by atoms with E-state index in [-0.39, 0.29) is 11.5 Å². The summed E-state index contributed by atoms with van der Waals surface area (Å²) in [5.74, 6) is 2.20. The number of fused-ring (bicyclic) bond motifs is 7. The Hall–Kier alpha value is -7.65. The first-order chi connectivity index (χ1) is 27.5. The van der Waals surface area contributed by atoms with E-state index < -0.39 is 0 Å². The van der Waals surface area contributed by atoms with Crippen molar-refractivity contribution in [3.63, 3.8) is 0 Å². The quantitative estimate of drug-likeness (QED) is 0.168. The van der Waals surface area contributed by atoms with E-state index in [1.54, 1.807) is 31.4 Å². The van der Waals surface area contributed by atoms with Gasteiger partial charge in [-0.3, -0.25) is 4.57 Å². The number of para-hydroxylation sites is 2. The highest BCUT2D eigenvalue weighted by atomic mass is 16.5. The topological polar surface area (TPSA) is 107 Å². The molecule has 0 saturated heterocycles. The second-order valence-electron chi connectivity index (χ2n) is 13.5. The van der Waals surface area contributed by atoms with Crippen LogP contribution in [0.2, 0.25) is 0 Å². The first kappa shape index (κ1) is 33.0. The Morgan fingerprint density at radius 3 is 1.55 bits per heavy atom. The molecule has 0 aliphatic rings. The summed E-state index contributed by atoms with van der Waals surface area (Å²) in [6.45, 7) is 0. The smallest absolute Gasteiger partial charge is 0.238 e. The number of phenolic OH excluding ortho intramolecular Hbond substituents is 2. The van der Waals surface area contributed by atoms with Gasteiger partial charge in [0.25, 0.3) is 0 Å². The third-order valence-corrected chi connectivity index (χ3v) is 10.4. The number of rotatable bonds is 7. The van der Waals surface area contributed by atoms with E-state index in [0.29, 0.717) is 45.9 Å². The van der Waals surface area contributed by atoms with Crippen LogP contribution in [0.3, 0.4) is 0 Å². The van der Waals surface area contributed by atoms with E-state index in [0.717, 1.165) is 54.7 Å². The van der Waals surface area contributed by atoms with Crippen molar-refractivity contribution in [1.82, 2.24) is 24.1 Å². The minimum atomic E-state index is -0.0877. The SMILES string of the molecule is COc1cccc(O)c1-c1c(O)cc(-n2c3ccccc3c3ccc4c5ccccc5n(-c5nc(-c6ccccc6)nc(-c6ccccc6)n5)c4c32)cc1OC. The summed E-state index contributed by atoms with van der Waals surface area (Å²) in [6, 6.07) is 49.3. The second-order valence-corrected chi connectivity index (χ2v) is 13.5. The van der Waals surface area contributed by atoms with Crippen molar-refractivity contribution in [3.8, 4) is 68.5 Å². The van der Waals surface area contributed by atoms with Crippen molar-refractivity contribution in [2.45, 2.75) is 0 Å². The number of methoxy groups -OCH3 is 2. The van der Waals surface area contributed by atoms with E-state index >= 15 is 0 Å². The van der Waals surface area contributed by atoms with E-state index in [9.17, 15) is 10.2 Å². The highest BCUT2D eigenvalue weighted by molar-refractivity contribution is 6.23. The molecule has 3 aromatic heterocycles. The van der Waals surface area contributed by atoms with Crippen molar-refractivity contribution in [1.29, 1.82) is 0 Å². The van der Waals surface area contributed by atoms with Crippen molar-refractivity contribution in [2.75, 3.05) is 14.2 Å². The molecule has 7 aromatic carbocycles. The van der Waals surface area contributed by atoms with Gasteiger partial charge >= 0.3 is 0 Å². The van der Waals surface area contributed by atoms with E-state index in [2.05, 4.69) is 45.5 Å². The number of hydrogen-bond acceptors (Lipinski definition) is 7. The highest BCUT2D eigenvalue weighted by Gasteiger charge is 2.26. The maximum absolute atomic E-state index is 11.9. The number of nitrogens with zero attached hydrogens (tertiary/aromatic N) is 5. The molecule has 0 atom stereocenters. The van der Waals surface area contributed by atoms with Crippen LogP contribution < -0.4 is 9.47 Å². The molecule has 0 radical (unpaired) electrons. The predicted molar refractivity (Wildman–Crippen MR) is 221 cm³/mol. The van der Waals surface area contributed by atoms with Gasteiger partial charge in [0.2, 0.25) is 5.95 Å². The van der Waals surface area contributed by atoms with Crippen molar-refractivity contribution in [2.24, 2.45) is 0 Å². The molecule has 0 amide bonds. The molecule has 2 N–H and O–H groups in total. The Morgan fingerprint density at radius 1 is 0.446 bits per heavy atom. The molecule has 10 rings (SSSR count). The lowest BCUT2D eigenvalue weighted by molar-refractivity contribution is 0.400. The van der Waals surface area contributed by atoms with Crippen LogP contribution in [0.25, 0.3) is 89.2 Å². The predicted octanol–water partition coefficient (Wildman–Crippen LogP) is 10.5. The van der Waals surface area contributed by atoms with E-state index in [1.165, 1.54) is 7.11 Å². The third-order valence-electron chi connectivity index (χ3n) is 10.4. The van der Waals surface area contributed by atoms with Crippen molar-refractivity contribution < 1.29 is 19.7 Å². The van der Waals surface area contributed by atoms with Crippen LogP contribution >= 0.6 is 0 Å². The fourth-order valence-electron chi connectivity index (χ4n) is 7.94. The van der Waals surface area contributed by atoms with E-state index in [4.69, 9.17) is 24.4 Å². The van der Waals surface area contributed by atoms with Crippen molar-refractivity contribution in [3.05, 3.63) is 152 Å². The monoisotopic (exact) mass is 731 g/mol. The molecule has 3 heterocycles. The largest absolute Gasteiger partial charge is 0.507 e. The summed E-state index contributed by atoms with van der Waals surface area (Å²) in [5.41, 5.74) is 6.67. The summed E-state index contributed by atoms with van der Waals surface area (Å²) in [7, 11) is 3.07. The van der Waals surface area contributed by atoms with Gasteiger partial charge in [-0.05, 0) is 24.3 Å². The van der Waals surface area contributed by atoms with Gasteiger partial charge in [0.15, 0.2) is 11.6 Å². The standard InChI is InChI=1S/C47H33N5O4/c1-55-39-23-13-22-37(53)41(39)42-38(54)26-30(27-40(42)56-2)51-35-20-11-9-18-31(35)33-24-25-34-32-19-10-12-21-36(32)52(44(34)43(33)51)47-49-45(28-14-5-3-6-15-28)48-46(50-47)29-16-7-4-8-17-29/h3-27,53-54H,1-2H3. The van der Waals surface area contributed by atoms with Gasteiger partial charge in [-0.15, -0.1) is 0 Å². The normalized spacial score (nSPS) is 11.5. The number of hydrogen-bond donors (Lipinski definition) is 2. The van der Waals surface area contributed by atoms with Crippen LogP contribution in [-0.2, 0) is 0 Å². The van der Waals surface area contributed by atoms with Crippen LogP contribution in [0.1, 0.15) is 0 Å². The average Bonchev–Trinajstić information content (AvgIpc) is 3.77. The molecule has 9 nitrogen and oxygen atoms in total. The number of phenols is 2. The molecule has 0 spiro atoms. The van der Waals surface area contributed by atoms with E-state index in [1.807, 2.05) is 91.0 Å². The number of ether oxygens (including phenoxy) is 2. The fraction of sp³-hybridized carbons (Fsp3) is 0.0426. The van der Waals surface area contributed by atoms with Gasteiger partial charge in [-0.1, -0.05) is 115 Å². The number of aromatic hydroxyl groups is 2. The van der Waals surface area contributed by atoms with Crippen molar-refractivity contribution >= 4 is 43.6 Å². The fourth-order valence-corrected chi connectivity index (χ4v) is 7.94. The van der Waals surface area contributed by atoms with Gasteiger partial charge in [-0.25, -0.2) is 4.98 Å². The zero-order chi connectivity index (χ0) is 37.9. The second kappa shape index (κ2) is 13.0. The van der Waals surface area contributed by atoms with Gasteiger partial charge in [0.05, 0.1) is 53.1 Å². The molecule has 0 aliphatic carbocycles. The van der Waals surface area contributed by atoms with Crippen LogP contribution in [0, 0.1) is 0 Å². The Kier molecular flexibility index (Phi) is 7.67. The molecular weight excluding hydrogens is 699 g/mol. The summed E-state index contributed by atoms with van der Waals surface area (Å²) >= 11 is 0. The summed E-state index contributed by atoms with van der Waals surface area (Å²) in [6.07, 6.45) is 0. The Labute approximate surface area is 320 Å². The van der Waals surface area contributed by atoms with Gasteiger partial charge < -0.3 is 24.3 Å². The Balaban J connectivity index is 1.34. The number of aromatic nitrogens is 5. The van der Waals surface area contributed by atoms with Crippen LogP contribution in [-0.4, -0.2) is 48.5 Å². The van der Waals surface area contributed by atoms with Crippen LogP contribution in [0.4, 0.5) is 0 Å². The maximum atomic E-state index is 11.9. The molecule has 9 heteroatoms. The summed E-state index contributed by atoms with van der Waals surface area (Å²) in [5, 5.41) is 27.0. The maximum Gasteiger partial charge on any atom is 0.238 e. The third kappa shape index (κ3) is 5.05. The average molecular weight is 732 g/mol. The molecule has 0 bridgehead atoms. The lowest BCUT2D eigenvalue weighted by Crippen LogP contribution is -2.07. The Morgan fingerprint density at radius 2 is 0.964 bits per heavy atom. The first-order valence-corrected chi connectivity index (χ1v) is 18.1. The van der Waals surface area contributed by atoms with Crippen LogP contribution in [0.15, 0.2) is 152 Å². The molecule has 0 unspecified atom stereocenters. The Bertz CT molecular complexity index is 3080. The van der Waals surface area contributed by atoms with Gasteiger partial charge in [-0.2, -0.15) is 9.97 Å². The molecule has 0 fully saturated rings. The first-order valence-electron chi connectivity index (χ1n) is 18.1. The molecule has 0 saturated carbocycles. The molecule has 56 heavy (non-hydrogen) atoms. The molecular formula is C47H33N5O4. The van der Waals surface area contributed by atoms with Crippen LogP contribution in [0.5, 0.6) is 23.0 Å². The van der Waals surface area contributed by atoms with Gasteiger partial charge in [0, 0.05) is 44.8 Å². The summed E-state index contributed by atoms with van der Waals surface area (Å²) < 4.78 is 15.8. The minimum Gasteiger partial charge on any atom is -0.507 e. The minimum absolute atomic E-state index is 0.0455.